The van der Waals surface area contributed by atoms with Gasteiger partial charge in [-0.15, -0.1) is 11.3 Å². The van der Waals surface area contributed by atoms with E-state index in [9.17, 15) is 9.59 Å². The van der Waals surface area contributed by atoms with Crippen LogP contribution in [0.5, 0.6) is 0 Å². The highest BCUT2D eigenvalue weighted by Gasteiger charge is 2.20. The zero-order valence-corrected chi connectivity index (χ0v) is 17.8. The predicted molar refractivity (Wildman–Crippen MR) is 114 cm³/mol. The van der Waals surface area contributed by atoms with Crippen molar-refractivity contribution in [2.75, 3.05) is 6.54 Å². The van der Waals surface area contributed by atoms with E-state index in [2.05, 4.69) is 26.8 Å². The smallest absolute Gasteiger partial charge is 0.262 e. The number of thiophene rings is 1. The summed E-state index contributed by atoms with van der Waals surface area (Å²) in [5.74, 6) is 1.23. The van der Waals surface area contributed by atoms with Crippen LogP contribution in [0.25, 0.3) is 10.2 Å². The summed E-state index contributed by atoms with van der Waals surface area (Å²) in [4.78, 5) is 36.1. The maximum absolute atomic E-state index is 12.9. The van der Waals surface area contributed by atoms with E-state index in [0.717, 1.165) is 41.8 Å². The van der Waals surface area contributed by atoms with Crippen molar-refractivity contribution in [1.82, 2.24) is 24.4 Å². The summed E-state index contributed by atoms with van der Waals surface area (Å²) in [5.41, 5.74) is 1.18. The second-order valence-corrected chi connectivity index (χ2v) is 9.00. The van der Waals surface area contributed by atoms with Crippen LogP contribution in [0, 0.1) is 12.8 Å². The number of carbonyl (C=O) groups excluding carboxylic acids is 1. The van der Waals surface area contributed by atoms with Crippen LogP contribution in [0.4, 0.5) is 0 Å². The third-order valence-corrected chi connectivity index (χ3v) is 6.80. The highest BCUT2D eigenvalue weighted by atomic mass is 32.1. The summed E-state index contributed by atoms with van der Waals surface area (Å²) in [6.07, 6.45) is 9.93. The lowest BCUT2D eigenvalue weighted by Gasteiger charge is -2.14. The zero-order chi connectivity index (χ0) is 20.4. The van der Waals surface area contributed by atoms with Gasteiger partial charge in [-0.2, -0.15) is 0 Å². The van der Waals surface area contributed by atoms with Gasteiger partial charge in [0.05, 0.1) is 11.7 Å². The van der Waals surface area contributed by atoms with Gasteiger partial charge >= 0.3 is 0 Å². The Morgan fingerprint density at radius 2 is 2.10 bits per heavy atom. The third-order valence-electron chi connectivity index (χ3n) is 5.60. The lowest BCUT2D eigenvalue weighted by atomic mass is 9.97. The minimum Gasteiger partial charge on any atom is -0.356 e. The van der Waals surface area contributed by atoms with Crippen LogP contribution in [0.2, 0.25) is 0 Å². The van der Waals surface area contributed by atoms with Crippen LogP contribution in [0.15, 0.2) is 23.5 Å². The molecule has 3 heterocycles. The molecule has 0 aliphatic heterocycles. The lowest BCUT2D eigenvalue weighted by Crippen LogP contribution is -2.31. The number of hydrogen-bond donors (Lipinski definition) is 1. The van der Waals surface area contributed by atoms with Crippen LogP contribution < -0.4 is 10.9 Å². The number of nitrogens with zero attached hydrogens (tertiary/aromatic N) is 4. The van der Waals surface area contributed by atoms with E-state index < -0.39 is 0 Å². The number of amides is 1. The van der Waals surface area contributed by atoms with Gasteiger partial charge in [0.1, 0.15) is 10.7 Å². The first kappa shape index (κ1) is 19.8. The Morgan fingerprint density at radius 1 is 1.28 bits per heavy atom. The zero-order valence-electron chi connectivity index (χ0n) is 17.0. The topological polar surface area (TPSA) is 81.8 Å². The molecule has 1 unspecified atom stereocenters. The second kappa shape index (κ2) is 8.49. The SMILES string of the molecule is Cc1nccn1CC(C)CNC(=O)CCn1cnc2sc3c(c2c1=O)CCCC3. The molecule has 0 saturated carbocycles. The van der Waals surface area contributed by atoms with Crippen molar-refractivity contribution in [3.05, 3.63) is 45.3 Å². The van der Waals surface area contributed by atoms with E-state index >= 15 is 0 Å². The van der Waals surface area contributed by atoms with Crippen LogP contribution in [-0.2, 0) is 30.7 Å². The molecule has 3 aromatic heterocycles. The average Bonchev–Trinajstić information content (AvgIpc) is 3.29. The Hall–Kier alpha value is -2.48. The molecule has 4 rings (SSSR count). The van der Waals surface area contributed by atoms with Crippen LogP contribution >= 0.6 is 11.3 Å². The standard InChI is InChI=1S/C21H27N5O2S/c1-14(12-25-10-8-22-15(25)2)11-23-18(27)7-9-26-13-24-20-19(21(26)28)16-5-3-4-6-17(16)29-20/h8,10,13-14H,3-7,9,11-12H2,1-2H3,(H,23,27). The highest BCUT2D eigenvalue weighted by molar-refractivity contribution is 7.18. The summed E-state index contributed by atoms with van der Waals surface area (Å²) in [6, 6.07) is 0. The Bertz CT molecular complexity index is 1080. The summed E-state index contributed by atoms with van der Waals surface area (Å²) in [5, 5.41) is 3.75. The molecule has 1 aliphatic carbocycles. The molecule has 29 heavy (non-hydrogen) atoms. The number of imidazole rings is 1. The van der Waals surface area contributed by atoms with Crippen molar-refractivity contribution >= 4 is 27.5 Å². The fraction of sp³-hybridized carbons (Fsp3) is 0.524. The van der Waals surface area contributed by atoms with Gasteiger partial charge in [-0.3, -0.25) is 14.2 Å². The molecule has 0 radical (unpaired) electrons. The molecule has 0 spiro atoms. The maximum atomic E-state index is 12.9. The van der Waals surface area contributed by atoms with Gasteiger partial charge in [-0.05, 0) is 44.1 Å². The molecule has 0 bridgehead atoms. The van der Waals surface area contributed by atoms with Crippen molar-refractivity contribution in [2.24, 2.45) is 5.92 Å². The number of rotatable bonds is 7. The molecule has 8 heteroatoms. The molecular weight excluding hydrogens is 386 g/mol. The van der Waals surface area contributed by atoms with E-state index in [4.69, 9.17) is 0 Å². The summed E-state index contributed by atoms with van der Waals surface area (Å²) >= 11 is 1.65. The predicted octanol–water partition coefficient (Wildman–Crippen LogP) is 2.68. The minimum absolute atomic E-state index is 0.00819. The van der Waals surface area contributed by atoms with Crippen LogP contribution in [0.3, 0.4) is 0 Å². The Balaban J connectivity index is 1.34. The molecule has 1 N–H and O–H groups in total. The van der Waals surface area contributed by atoms with Gasteiger partial charge in [-0.25, -0.2) is 9.97 Å². The largest absolute Gasteiger partial charge is 0.356 e. The summed E-state index contributed by atoms with van der Waals surface area (Å²) < 4.78 is 3.67. The summed E-state index contributed by atoms with van der Waals surface area (Å²) in [6.45, 7) is 5.84. The Kier molecular flexibility index (Phi) is 5.80. The molecule has 1 amide bonds. The molecule has 1 aliphatic rings. The number of aryl methyl sites for hydroxylation is 4. The fourth-order valence-electron chi connectivity index (χ4n) is 3.94. The van der Waals surface area contributed by atoms with Gasteiger partial charge in [0.25, 0.3) is 5.56 Å². The number of carbonyl (C=O) groups is 1. The molecule has 0 aromatic carbocycles. The first-order chi connectivity index (χ1) is 14.0. The normalized spacial score (nSPS) is 14.7. The molecule has 7 nitrogen and oxygen atoms in total. The van der Waals surface area contributed by atoms with Gasteiger partial charge in [-0.1, -0.05) is 6.92 Å². The second-order valence-electron chi connectivity index (χ2n) is 7.92. The van der Waals surface area contributed by atoms with E-state index in [-0.39, 0.29) is 17.9 Å². The van der Waals surface area contributed by atoms with Crippen molar-refractivity contribution < 1.29 is 4.79 Å². The van der Waals surface area contributed by atoms with Crippen molar-refractivity contribution in [2.45, 2.75) is 59.0 Å². The van der Waals surface area contributed by atoms with E-state index in [0.29, 0.717) is 19.0 Å². The van der Waals surface area contributed by atoms with Crippen molar-refractivity contribution in [3.63, 3.8) is 0 Å². The molecule has 0 saturated heterocycles. The molecule has 0 fully saturated rings. The quantitative estimate of drug-likeness (QED) is 0.646. The van der Waals surface area contributed by atoms with Crippen LogP contribution in [0.1, 0.15) is 42.5 Å². The van der Waals surface area contributed by atoms with E-state index in [1.54, 1.807) is 28.4 Å². The first-order valence-electron chi connectivity index (χ1n) is 10.3. The first-order valence-corrected chi connectivity index (χ1v) is 11.1. The molecular formula is C21H27N5O2S. The van der Waals surface area contributed by atoms with Crippen LogP contribution in [-0.4, -0.2) is 31.6 Å². The number of hydrogen-bond acceptors (Lipinski definition) is 5. The number of aromatic nitrogens is 4. The van der Waals surface area contributed by atoms with Gasteiger partial charge in [0, 0.05) is 43.3 Å². The maximum Gasteiger partial charge on any atom is 0.262 e. The van der Waals surface area contributed by atoms with Gasteiger partial charge in [0.15, 0.2) is 0 Å². The van der Waals surface area contributed by atoms with E-state index in [1.165, 1.54) is 16.9 Å². The molecule has 1 atom stereocenters. The van der Waals surface area contributed by atoms with Crippen molar-refractivity contribution in [1.29, 1.82) is 0 Å². The van der Waals surface area contributed by atoms with Gasteiger partial charge < -0.3 is 9.88 Å². The van der Waals surface area contributed by atoms with E-state index in [1.807, 2.05) is 13.1 Å². The fourth-order valence-corrected chi connectivity index (χ4v) is 5.16. The summed E-state index contributed by atoms with van der Waals surface area (Å²) in [7, 11) is 0. The lowest BCUT2D eigenvalue weighted by molar-refractivity contribution is -0.121. The van der Waals surface area contributed by atoms with Crippen molar-refractivity contribution in [3.8, 4) is 0 Å². The number of nitrogens with one attached hydrogen (secondary N) is 1. The number of fused-ring (bicyclic) bond motifs is 3. The Labute approximate surface area is 173 Å². The van der Waals surface area contributed by atoms with Gasteiger partial charge in [0.2, 0.25) is 5.91 Å². The molecule has 3 aromatic rings. The third kappa shape index (κ3) is 4.27. The highest BCUT2D eigenvalue weighted by Crippen LogP contribution is 2.33. The Morgan fingerprint density at radius 3 is 2.90 bits per heavy atom. The minimum atomic E-state index is -0.0430. The molecule has 154 valence electrons. The monoisotopic (exact) mass is 413 g/mol. The average molecular weight is 414 g/mol.